The molecular formula is C19H22N2O5S. The molecule has 144 valence electrons. The molecule has 0 atom stereocenters. The molecular weight excluding hydrogens is 368 g/mol. The van der Waals surface area contributed by atoms with Gasteiger partial charge in [-0.1, -0.05) is 0 Å². The van der Waals surface area contributed by atoms with Crippen LogP contribution in [0.2, 0.25) is 0 Å². The Bertz CT molecular complexity index is 808. The normalized spacial score (nSPS) is 9.93. The van der Waals surface area contributed by atoms with Crippen molar-refractivity contribution in [3.8, 4) is 17.2 Å². The fourth-order valence-corrected chi connectivity index (χ4v) is 2.57. The molecule has 2 aromatic rings. The average molecular weight is 390 g/mol. The smallest absolute Gasteiger partial charge is 0.340 e. The number of methoxy groups -OCH3 is 3. The van der Waals surface area contributed by atoms with Gasteiger partial charge in [0.05, 0.1) is 39.2 Å². The van der Waals surface area contributed by atoms with E-state index in [1.807, 2.05) is 31.2 Å². The van der Waals surface area contributed by atoms with Gasteiger partial charge in [-0.25, -0.2) is 4.79 Å². The summed E-state index contributed by atoms with van der Waals surface area (Å²) in [6.45, 7) is 2.52. The Morgan fingerprint density at radius 1 is 1.00 bits per heavy atom. The van der Waals surface area contributed by atoms with Gasteiger partial charge >= 0.3 is 5.97 Å². The van der Waals surface area contributed by atoms with Gasteiger partial charge in [0.25, 0.3) is 0 Å². The summed E-state index contributed by atoms with van der Waals surface area (Å²) in [6, 6.07) is 10.5. The van der Waals surface area contributed by atoms with Gasteiger partial charge in [-0.3, -0.25) is 0 Å². The Hall–Kier alpha value is -3.00. The monoisotopic (exact) mass is 390 g/mol. The third-order valence-electron chi connectivity index (χ3n) is 3.60. The molecule has 0 saturated carbocycles. The summed E-state index contributed by atoms with van der Waals surface area (Å²) in [4.78, 5) is 12.1. The number of benzene rings is 2. The van der Waals surface area contributed by atoms with E-state index in [1.54, 1.807) is 6.07 Å². The van der Waals surface area contributed by atoms with Gasteiger partial charge in [-0.15, -0.1) is 0 Å². The van der Waals surface area contributed by atoms with E-state index in [-0.39, 0.29) is 5.56 Å². The average Bonchev–Trinajstić information content (AvgIpc) is 2.68. The minimum Gasteiger partial charge on any atom is -0.494 e. The molecule has 0 heterocycles. The molecule has 0 bridgehead atoms. The summed E-state index contributed by atoms with van der Waals surface area (Å²) in [5.41, 5.74) is 1.48. The molecule has 7 nitrogen and oxygen atoms in total. The van der Waals surface area contributed by atoms with Gasteiger partial charge in [0, 0.05) is 17.8 Å². The van der Waals surface area contributed by atoms with E-state index in [1.165, 1.54) is 27.4 Å². The van der Waals surface area contributed by atoms with E-state index in [0.29, 0.717) is 28.9 Å². The topological polar surface area (TPSA) is 78.0 Å². The molecule has 0 unspecified atom stereocenters. The van der Waals surface area contributed by atoms with E-state index >= 15 is 0 Å². The fourth-order valence-electron chi connectivity index (χ4n) is 2.35. The third-order valence-corrected chi connectivity index (χ3v) is 3.80. The van der Waals surface area contributed by atoms with Crippen LogP contribution in [-0.4, -0.2) is 39.0 Å². The van der Waals surface area contributed by atoms with Crippen LogP contribution in [-0.2, 0) is 4.74 Å². The van der Waals surface area contributed by atoms with Gasteiger partial charge in [-0.05, 0) is 43.4 Å². The fraction of sp³-hybridized carbons (Fsp3) is 0.263. The number of carbonyl (C=O) groups excluding carboxylic acids is 1. The van der Waals surface area contributed by atoms with Crippen LogP contribution in [0.5, 0.6) is 17.2 Å². The van der Waals surface area contributed by atoms with Gasteiger partial charge in [0.15, 0.2) is 16.6 Å². The maximum Gasteiger partial charge on any atom is 0.340 e. The Kier molecular flexibility index (Phi) is 7.25. The Labute approximate surface area is 163 Å². The van der Waals surface area contributed by atoms with Crippen molar-refractivity contribution < 1.29 is 23.7 Å². The van der Waals surface area contributed by atoms with Crippen molar-refractivity contribution in [2.24, 2.45) is 0 Å². The van der Waals surface area contributed by atoms with E-state index in [0.717, 1.165) is 11.4 Å². The SMILES string of the molecule is CCOc1ccc(NC(=S)Nc2cc(OC)c(OC)cc2C(=O)OC)cc1. The molecule has 0 amide bonds. The van der Waals surface area contributed by atoms with E-state index < -0.39 is 5.97 Å². The molecule has 2 rings (SSSR count). The predicted octanol–water partition coefficient (Wildman–Crippen LogP) is 3.70. The minimum absolute atomic E-state index is 0.269. The zero-order chi connectivity index (χ0) is 19.8. The standard InChI is InChI=1S/C19H22N2O5S/c1-5-26-13-8-6-12(7-9-13)20-19(27)21-15-11-17(24-3)16(23-2)10-14(15)18(22)25-4/h6-11H,5H2,1-4H3,(H2,20,21,27). The van der Waals surface area contributed by atoms with Crippen LogP contribution in [0.1, 0.15) is 17.3 Å². The lowest BCUT2D eigenvalue weighted by Gasteiger charge is -2.16. The van der Waals surface area contributed by atoms with Crippen molar-refractivity contribution >= 4 is 34.7 Å². The highest BCUT2D eigenvalue weighted by molar-refractivity contribution is 7.80. The maximum absolute atomic E-state index is 12.1. The zero-order valence-corrected chi connectivity index (χ0v) is 16.4. The molecule has 0 spiro atoms. The van der Waals surface area contributed by atoms with E-state index in [2.05, 4.69) is 10.6 Å². The molecule has 0 aliphatic rings. The summed E-state index contributed by atoms with van der Waals surface area (Å²) >= 11 is 5.35. The molecule has 0 fully saturated rings. The molecule has 0 aromatic heterocycles. The second-order valence-corrected chi connectivity index (χ2v) is 5.69. The van der Waals surface area contributed by atoms with Gasteiger partial charge in [-0.2, -0.15) is 0 Å². The molecule has 0 aliphatic heterocycles. The highest BCUT2D eigenvalue weighted by atomic mass is 32.1. The van der Waals surface area contributed by atoms with Gasteiger partial charge in [0.2, 0.25) is 0 Å². The molecule has 0 saturated heterocycles. The van der Waals surface area contributed by atoms with Gasteiger partial charge < -0.3 is 29.6 Å². The number of carbonyl (C=O) groups is 1. The van der Waals surface area contributed by atoms with Crippen molar-refractivity contribution in [2.75, 3.05) is 38.6 Å². The number of rotatable bonds is 7. The van der Waals surface area contributed by atoms with Crippen LogP contribution in [0.25, 0.3) is 0 Å². The number of hydrogen-bond acceptors (Lipinski definition) is 6. The Morgan fingerprint density at radius 3 is 2.19 bits per heavy atom. The summed E-state index contributed by atoms with van der Waals surface area (Å²) < 4.78 is 20.8. The highest BCUT2D eigenvalue weighted by Crippen LogP contribution is 2.33. The first-order valence-corrected chi connectivity index (χ1v) is 8.58. The summed E-state index contributed by atoms with van der Waals surface area (Å²) in [5.74, 6) is 1.11. The molecule has 0 aliphatic carbocycles. The first-order valence-electron chi connectivity index (χ1n) is 8.17. The molecule has 0 radical (unpaired) electrons. The van der Waals surface area contributed by atoms with Crippen molar-refractivity contribution in [3.63, 3.8) is 0 Å². The quantitative estimate of drug-likeness (QED) is 0.547. The first kappa shape index (κ1) is 20.3. The number of ether oxygens (including phenoxy) is 4. The third kappa shape index (κ3) is 5.24. The van der Waals surface area contributed by atoms with Crippen LogP contribution in [0.15, 0.2) is 36.4 Å². The van der Waals surface area contributed by atoms with Crippen molar-refractivity contribution in [1.29, 1.82) is 0 Å². The lowest BCUT2D eigenvalue weighted by molar-refractivity contribution is 0.0601. The summed E-state index contributed by atoms with van der Waals surface area (Å²) in [5, 5.41) is 6.35. The largest absolute Gasteiger partial charge is 0.494 e. The summed E-state index contributed by atoms with van der Waals surface area (Å²) in [7, 11) is 4.30. The van der Waals surface area contributed by atoms with Crippen molar-refractivity contribution in [2.45, 2.75) is 6.92 Å². The van der Waals surface area contributed by atoms with Gasteiger partial charge in [0.1, 0.15) is 5.75 Å². The second kappa shape index (κ2) is 9.63. The molecule has 8 heteroatoms. The number of hydrogen-bond donors (Lipinski definition) is 2. The lowest BCUT2D eigenvalue weighted by Crippen LogP contribution is -2.21. The number of nitrogens with one attached hydrogen (secondary N) is 2. The molecule has 2 aromatic carbocycles. The zero-order valence-electron chi connectivity index (χ0n) is 15.6. The van der Waals surface area contributed by atoms with Crippen molar-refractivity contribution in [3.05, 3.63) is 42.0 Å². The Morgan fingerprint density at radius 2 is 1.63 bits per heavy atom. The van der Waals surface area contributed by atoms with Crippen molar-refractivity contribution in [1.82, 2.24) is 0 Å². The van der Waals surface area contributed by atoms with E-state index in [9.17, 15) is 4.79 Å². The van der Waals surface area contributed by atoms with Crippen LogP contribution in [0.3, 0.4) is 0 Å². The number of esters is 1. The molecule has 27 heavy (non-hydrogen) atoms. The Balaban J connectivity index is 2.21. The van der Waals surface area contributed by atoms with Crippen LogP contribution in [0, 0.1) is 0 Å². The number of thiocarbonyl (C=S) groups is 1. The first-order chi connectivity index (χ1) is 13.0. The second-order valence-electron chi connectivity index (χ2n) is 5.28. The van der Waals surface area contributed by atoms with Crippen LogP contribution >= 0.6 is 12.2 Å². The van der Waals surface area contributed by atoms with Crippen LogP contribution in [0.4, 0.5) is 11.4 Å². The predicted molar refractivity (Wildman–Crippen MR) is 108 cm³/mol. The highest BCUT2D eigenvalue weighted by Gasteiger charge is 2.18. The lowest BCUT2D eigenvalue weighted by atomic mass is 10.1. The number of anilines is 2. The van der Waals surface area contributed by atoms with Crippen LogP contribution < -0.4 is 24.8 Å². The minimum atomic E-state index is -0.526. The molecule has 2 N–H and O–H groups in total. The van der Waals surface area contributed by atoms with E-state index in [4.69, 9.17) is 31.2 Å². The maximum atomic E-state index is 12.1. The summed E-state index contributed by atoms with van der Waals surface area (Å²) in [6.07, 6.45) is 0.